The van der Waals surface area contributed by atoms with Crippen LogP contribution in [0.4, 0.5) is 11.4 Å². The van der Waals surface area contributed by atoms with Crippen molar-refractivity contribution in [1.82, 2.24) is 4.90 Å². The molecule has 182 valence electrons. The second kappa shape index (κ2) is 10.2. The molecule has 2 heterocycles. The van der Waals surface area contributed by atoms with Crippen LogP contribution in [-0.4, -0.2) is 53.7 Å². The molecule has 2 amide bonds. The van der Waals surface area contributed by atoms with Gasteiger partial charge in [0.2, 0.25) is 5.91 Å². The molecule has 0 saturated carbocycles. The number of para-hydroxylation sites is 1. The minimum Gasteiger partial charge on any atom is -0.493 e. The number of nitrogens with one attached hydrogen (secondary N) is 1. The molecule has 9 heteroatoms. The van der Waals surface area contributed by atoms with Gasteiger partial charge in [-0.25, -0.2) is 9.89 Å². The third kappa shape index (κ3) is 4.70. The standard InChI is InChI=1S/C27H24N4O4S/c1-34-22-13-12-18(15-23(22)35-2)28-24(32)16-36-27-30-20-11-7-6-10-19(20)25-29-21(26(33)31(25)27)14-17-8-4-3-5-9-17/h3-13,15,21H,14,16H2,1-2H3,(H,28,32)/t21-/m0/s1. The number of methoxy groups -OCH3 is 2. The third-order valence-corrected chi connectivity index (χ3v) is 6.76. The Morgan fingerprint density at radius 1 is 1.00 bits per heavy atom. The molecule has 1 N–H and O–H groups in total. The maximum atomic E-state index is 13.4. The van der Waals surface area contributed by atoms with E-state index in [1.165, 1.54) is 18.9 Å². The molecule has 0 radical (unpaired) electrons. The van der Waals surface area contributed by atoms with Gasteiger partial charge < -0.3 is 14.8 Å². The summed E-state index contributed by atoms with van der Waals surface area (Å²) in [5.41, 5.74) is 3.15. The molecule has 8 nitrogen and oxygen atoms in total. The summed E-state index contributed by atoms with van der Waals surface area (Å²) in [4.78, 5) is 37.2. The number of hydrogen-bond acceptors (Lipinski definition) is 7. The van der Waals surface area contributed by atoms with Gasteiger partial charge in [0.15, 0.2) is 16.7 Å². The van der Waals surface area contributed by atoms with Gasteiger partial charge >= 0.3 is 0 Å². The predicted molar refractivity (Wildman–Crippen MR) is 141 cm³/mol. The number of amidine groups is 2. The summed E-state index contributed by atoms with van der Waals surface area (Å²) in [5.74, 6) is 1.35. The van der Waals surface area contributed by atoms with Crippen LogP contribution in [0.25, 0.3) is 0 Å². The first-order valence-electron chi connectivity index (χ1n) is 11.4. The predicted octanol–water partition coefficient (Wildman–Crippen LogP) is 4.28. The SMILES string of the molecule is COc1ccc(NC(=O)CSC2=Nc3ccccc3C3=N[C@@H](Cc4ccccc4)C(=O)N23)cc1OC. The lowest BCUT2D eigenvalue weighted by Crippen LogP contribution is -2.41. The maximum Gasteiger partial charge on any atom is 0.259 e. The van der Waals surface area contributed by atoms with Crippen molar-refractivity contribution in [2.45, 2.75) is 12.5 Å². The molecule has 0 aliphatic carbocycles. The van der Waals surface area contributed by atoms with Crippen LogP contribution >= 0.6 is 11.8 Å². The largest absolute Gasteiger partial charge is 0.493 e. The average molecular weight is 501 g/mol. The van der Waals surface area contributed by atoms with Gasteiger partial charge in [-0.05, 0) is 29.8 Å². The zero-order chi connectivity index (χ0) is 25.1. The van der Waals surface area contributed by atoms with Crippen LogP contribution in [0.15, 0.2) is 82.8 Å². The Bertz CT molecular complexity index is 1370. The van der Waals surface area contributed by atoms with Crippen molar-refractivity contribution in [3.05, 3.63) is 83.9 Å². The minimum atomic E-state index is -0.542. The number of nitrogens with zero attached hydrogens (tertiary/aromatic N) is 3. The number of rotatable bonds is 7. The highest BCUT2D eigenvalue weighted by molar-refractivity contribution is 8.14. The van der Waals surface area contributed by atoms with E-state index in [-0.39, 0.29) is 17.6 Å². The lowest BCUT2D eigenvalue weighted by atomic mass is 10.1. The average Bonchev–Trinajstić information content (AvgIpc) is 3.23. The van der Waals surface area contributed by atoms with E-state index in [2.05, 4.69) is 5.32 Å². The molecular weight excluding hydrogens is 476 g/mol. The molecule has 3 aromatic carbocycles. The Morgan fingerprint density at radius 2 is 1.75 bits per heavy atom. The van der Waals surface area contributed by atoms with E-state index in [9.17, 15) is 9.59 Å². The van der Waals surface area contributed by atoms with Crippen LogP contribution < -0.4 is 14.8 Å². The van der Waals surface area contributed by atoms with Crippen LogP contribution in [0, 0.1) is 0 Å². The zero-order valence-electron chi connectivity index (χ0n) is 19.8. The van der Waals surface area contributed by atoms with Gasteiger partial charge in [0, 0.05) is 23.7 Å². The summed E-state index contributed by atoms with van der Waals surface area (Å²) in [7, 11) is 3.09. The third-order valence-electron chi connectivity index (χ3n) is 5.82. The second-order valence-corrected chi connectivity index (χ2v) is 9.09. The first-order chi connectivity index (χ1) is 17.6. The molecule has 0 unspecified atom stereocenters. The Labute approximate surface area is 213 Å². The van der Waals surface area contributed by atoms with Gasteiger partial charge in [-0.2, -0.15) is 0 Å². The molecule has 0 aromatic heterocycles. The number of benzene rings is 3. The summed E-state index contributed by atoms with van der Waals surface area (Å²) >= 11 is 1.20. The molecule has 0 spiro atoms. The van der Waals surface area contributed by atoms with E-state index in [1.807, 2.05) is 54.6 Å². The van der Waals surface area contributed by atoms with Crippen molar-refractivity contribution in [3.63, 3.8) is 0 Å². The van der Waals surface area contributed by atoms with Crippen molar-refractivity contribution in [1.29, 1.82) is 0 Å². The highest BCUT2D eigenvalue weighted by atomic mass is 32.2. The summed E-state index contributed by atoms with van der Waals surface area (Å²) in [6.07, 6.45) is 0.500. The first kappa shape index (κ1) is 23.6. The van der Waals surface area contributed by atoms with Gasteiger partial charge in [0.05, 0.1) is 25.7 Å². The highest BCUT2D eigenvalue weighted by Gasteiger charge is 2.41. The van der Waals surface area contributed by atoms with Crippen LogP contribution in [0.5, 0.6) is 11.5 Å². The minimum absolute atomic E-state index is 0.0652. The Balaban J connectivity index is 1.33. The van der Waals surface area contributed by atoms with E-state index in [1.54, 1.807) is 30.2 Å². The van der Waals surface area contributed by atoms with E-state index < -0.39 is 6.04 Å². The molecule has 5 rings (SSSR count). The number of thioether (sulfide) groups is 1. The number of carbonyl (C=O) groups is 2. The lowest BCUT2D eigenvalue weighted by Gasteiger charge is -2.25. The van der Waals surface area contributed by atoms with Crippen molar-refractivity contribution in [3.8, 4) is 11.5 Å². The van der Waals surface area contributed by atoms with E-state index >= 15 is 0 Å². The van der Waals surface area contributed by atoms with Crippen LogP contribution in [0.1, 0.15) is 11.1 Å². The molecule has 1 atom stereocenters. The number of fused-ring (bicyclic) bond motifs is 3. The lowest BCUT2D eigenvalue weighted by molar-refractivity contribution is -0.124. The van der Waals surface area contributed by atoms with E-state index in [4.69, 9.17) is 19.5 Å². The molecule has 0 bridgehead atoms. The number of hydrogen-bond donors (Lipinski definition) is 1. The second-order valence-electron chi connectivity index (χ2n) is 8.15. The molecular formula is C27H24N4O4S. The summed E-state index contributed by atoms with van der Waals surface area (Å²) in [6, 6.07) is 22.0. The van der Waals surface area contributed by atoms with Gasteiger partial charge in [-0.1, -0.05) is 54.2 Å². The van der Waals surface area contributed by atoms with Crippen LogP contribution in [-0.2, 0) is 16.0 Å². The number of amides is 2. The van der Waals surface area contributed by atoms with Crippen molar-refractivity contribution < 1.29 is 19.1 Å². The fourth-order valence-corrected chi connectivity index (χ4v) is 4.91. The Morgan fingerprint density at radius 3 is 2.53 bits per heavy atom. The number of aliphatic imine (C=N–C) groups is 2. The molecule has 2 aliphatic rings. The van der Waals surface area contributed by atoms with Crippen molar-refractivity contribution >= 4 is 46.0 Å². The molecule has 2 aliphatic heterocycles. The van der Waals surface area contributed by atoms with Gasteiger partial charge in [-0.3, -0.25) is 14.6 Å². The van der Waals surface area contributed by atoms with Crippen molar-refractivity contribution in [2.75, 3.05) is 25.3 Å². The van der Waals surface area contributed by atoms with E-state index in [0.29, 0.717) is 34.6 Å². The molecule has 3 aromatic rings. The van der Waals surface area contributed by atoms with Crippen LogP contribution in [0.3, 0.4) is 0 Å². The molecule has 0 fully saturated rings. The first-order valence-corrected chi connectivity index (χ1v) is 12.3. The van der Waals surface area contributed by atoms with Gasteiger partial charge in [0.25, 0.3) is 5.91 Å². The number of carbonyl (C=O) groups excluding carboxylic acids is 2. The maximum absolute atomic E-state index is 13.4. The summed E-state index contributed by atoms with van der Waals surface area (Å²) < 4.78 is 10.5. The summed E-state index contributed by atoms with van der Waals surface area (Å²) in [6.45, 7) is 0. The monoisotopic (exact) mass is 500 g/mol. The smallest absolute Gasteiger partial charge is 0.259 e. The van der Waals surface area contributed by atoms with Gasteiger partial charge in [-0.15, -0.1) is 0 Å². The van der Waals surface area contributed by atoms with Crippen LogP contribution in [0.2, 0.25) is 0 Å². The fraction of sp³-hybridized carbons (Fsp3) is 0.185. The normalized spacial score (nSPS) is 16.0. The topological polar surface area (TPSA) is 92.6 Å². The molecule has 36 heavy (non-hydrogen) atoms. The highest BCUT2D eigenvalue weighted by Crippen LogP contribution is 2.34. The fourth-order valence-electron chi connectivity index (χ4n) is 4.11. The Kier molecular flexibility index (Phi) is 6.73. The number of anilines is 1. The van der Waals surface area contributed by atoms with E-state index in [0.717, 1.165) is 16.8 Å². The zero-order valence-corrected chi connectivity index (χ0v) is 20.6. The Hall–Kier alpha value is -4.11. The quantitative estimate of drug-likeness (QED) is 0.523. The van der Waals surface area contributed by atoms with Gasteiger partial charge in [0.1, 0.15) is 11.9 Å². The summed E-state index contributed by atoms with van der Waals surface area (Å²) in [5, 5.41) is 3.30. The molecule has 0 saturated heterocycles. The number of ether oxygens (including phenoxy) is 2. The van der Waals surface area contributed by atoms with Crippen molar-refractivity contribution in [2.24, 2.45) is 9.98 Å².